The molecule has 5 nitrogen and oxygen atoms in total. The van der Waals surface area contributed by atoms with Gasteiger partial charge in [0.05, 0.1) is 12.2 Å². The van der Waals surface area contributed by atoms with Crippen LogP contribution in [0.15, 0.2) is 28.6 Å². The molecule has 1 aromatic heterocycles. The zero-order chi connectivity index (χ0) is 16.8. The summed E-state index contributed by atoms with van der Waals surface area (Å²) in [6, 6.07) is 5.09. The van der Waals surface area contributed by atoms with Crippen molar-refractivity contribution < 1.29 is 4.39 Å². The number of aromatic nitrogens is 1. The minimum Gasteiger partial charge on any atom is -0.354 e. The fraction of sp³-hybridized carbons (Fsp3) is 0.375. The van der Waals surface area contributed by atoms with Crippen molar-refractivity contribution in [3.05, 3.63) is 46.2 Å². The summed E-state index contributed by atoms with van der Waals surface area (Å²) in [6.45, 7) is 2.95. The molecular weight excluding hydrogens is 313 g/mol. The fourth-order valence-electron chi connectivity index (χ4n) is 1.98. The Bertz CT molecular complexity index is 681. The Hall–Kier alpha value is -2.15. The molecule has 7 heteroatoms. The molecule has 0 radical (unpaired) electrons. The first-order valence-corrected chi connectivity index (χ1v) is 8.19. The topological polar surface area (TPSA) is 52.6 Å². The Morgan fingerprint density at radius 1 is 1.30 bits per heavy atom. The summed E-state index contributed by atoms with van der Waals surface area (Å²) in [5.41, 5.74) is 2.63. The van der Waals surface area contributed by atoms with E-state index in [1.165, 1.54) is 6.07 Å². The quantitative estimate of drug-likeness (QED) is 0.651. The minimum atomic E-state index is -0.184. The van der Waals surface area contributed by atoms with Crippen molar-refractivity contribution in [3.63, 3.8) is 0 Å². The number of nitrogens with zero attached hydrogens (tertiary/aromatic N) is 3. The summed E-state index contributed by atoms with van der Waals surface area (Å²) >= 11 is 1.61. The number of anilines is 1. The van der Waals surface area contributed by atoms with Gasteiger partial charge in [-0.3, -0.25) is 4.99 Å². The van der Waals surface area contributed by atoms with Gasteiger partial charge < -0.3 is 15.5 Å². The molecule has 2 rings (SSSR count). The van der Waals surface area contributed by atoms with E-state index in [2.05, 4.69) is 20.6 Å². The van der Waals surface area contributed by atoms with Crippen molar-refractivity contribution in [1.29, 1.82) is 0 Å². The molecule has 1 heterocycles. The van der Waals surface area contributed by atoms with E-state index in [1.54, 1.807) is 31.4 Å². The Kier molecular flexibility index (Phi) is 5.92. The molecule has 0 aliphatic heterocycles. The summed E-state index contributed by atoms with van der Waals surface area (Å²) in [4.78, 5) is 10.7. The molecule has 0 bridgehead atoms. The van der Waals surface area contributed by atoms with Crippen LogP contribution in [0.2, 0.25) is 0 Å². The summed E-state index contributed by atoms with van der Waals surface area (Å²) in [6.07, 6.45) is 0. The normalized spacial score (nSPS) is 11.4. The first-order chi connectivity index (χ1) is 11.0. The van der Waals surface area contributed by atoms with Crippen LogP contribution in [0.3, 0.4) is 0 Å². The molecule has 1 aromatic carbocycles. The third-order valence-electron chi connectivity index (χ3n) is 3.27. The Morgan fingerprint density at radius 2 is 2.04 bits per heavy atom. The zero-order valence-corrected chi connectivity index (χ0v) is 14.7. The number of aliphatic imine (C=N–C) groups is 1. The first-order valence-electron chi connectivity index (χ1n) is 7.31. The highest BCUT2D eigenvalue weighted by molar-refractivity contribution is 7.13. The highest BCUT2D eigenvalue weighted by Crippen LogP contribution is 2.17. The zero-order valence-electron chi connectivity index (χ0n) is 13.9. The molecule has 23 heavy (non-hydrogen) atoms. The molecule has 0 amide bonds. The molecule has 0 saturated carbocycles. The maximum atomic E-state index is 13.3. The summed E-state index contributed by atoms with van der Waals surface area (Å²) in [7, 11) is 5.67. The van der Waals surface area contributed by atoms with E-state index in [4.69, 9.17) is 0 Å². The molecule has 0 aliphatic carbocycles. The third kappa shape index (κ3) is 4.92. The number of halogens is 1. The molecule has 0 saturated heterocycles. The number of rotatable bonds is 5. The van der Waals surface area contributed by atoms with Crippen molar-refractivity contribution in [1.82, 2.24) is 15.6 Å². The molecule has 0 atom stereocenters. The molecule has 0 fully saturated rings. The highest BCUT2D eigenvalue weighted by Gasteiger charge is 2.05. The lowest BCUT2D eigenvalue weighted by atomic mass is 10.1. The van der Waals surface area contributed by atoms with E-state index in [-0.39, 0.29) is 5.82 Å². The fourth-order valence-corrected chi connectivity index (χ4v) is 2.74. The van der Waals surface area contributed by atoms with Gasteiger partial charge in [0.25, 0.3) is 0 Å². The number of benzene rings is 1. The van der Waals surface area contributed by atoms with E-state index < -0.39 is 0 Å². The largest absolute Gasteiger partial charge is 0.354 e. The van der Waals surface area contributed by atoms with Crippen molar-refractivity contribution in [2.75, 3.05) is 26.0 Å². The number of aryl methyl sites for hydroxylation is 1. The van der Waals surface area contributed by atoms with Gasteiger partial charge in [-0.05, 0) is 24.1 Å². The molecule has 0 aliphatic rings. The van der Waals surface area contributed by atoms with Gasteiger partial charge in [-0.2, -0.15) is 0 Å². The summed E-state index contributed by atoms with van der Waals surface area (Å²) < 4.78 is 13.3. The van der Waals surface area contributed by atoms with E-state index >= 15 is 0 Å². The van der Waals surface area contributed by atoms with E-state index in [9.17, 15) is 4.39 Å². The van der Waals surface area contributed by atoms with Crippen LogP contribution in [-0.4, -0.2) is 32.1 Å². The van der Waals surface area contributed by atoms with Crippen LogP contribution in [-0.2, 0) is 13.1 Å². The van der Waals surface area contributed by atoms with Crippen molar-refractivity contribution in [3.8, 4) is 0 Å². The average Bonchev–Trinajstić information content (AvgIpc) is 3.00. The number of nitrogens with one attached hydrogen (secondary N) is 2. The van der Waals surface area contributed by atoms with Gasteiger partial charge in [-0.1, -0.05) is 12.1 Å². The first kappa shape index (κ1) is 17.2. The molecular formula is C16H22FN5S. The SMILES string of the molecule is CN=C(NCc1ccc(F)c(C)c1)NCc1csc(N(C)C)n1. The lowest BCUT2D eigenvalue weighted by molar-refractivity contribution is 0.617. The van der Waals surface area contributed by atoms with Crippen LogP contribution in [0.1, 0.15) is 16.8 Å². The van der Waals surface area contributed by atoms with Crippen LogP contribution in [0, 0.1) is 12.7 Å². The van der Waals surface area contributed by atoms with Crippen molar-refractivity contribution in [2.24, 2.45) is 4.99 Å². The lowest BCUT2D eigenvalue weighted by Crippen LogP contribution is -2.36. The van der Waals surface area contributed by atoms with Gasteiger partial charge in [0.1, 0.15) is 5.82 Å². The van der Waals surface area contributed by atoms with E-state index in [0.29, 0.717) is 24.6 Å². The number of guanidine groups is 1. The average molecular weight is 335 g/mol. The molecule has 2 aromatic rings. The van der Waals surface area contributed by atoms with E-state index in [1.807, 2.05) is 30.4 Å². The predicted octanol–water partition coefficient (Wildman–Crippen LogP) is 2.52. The maximum absolute atomic E-state index is 13.3. The Morgan fingerprint density at radius 3 is 2.65 bits per heavy atom. The molecule has 0 spiro atoms. The second-order valence-electron chi connectivity index (χ2n) is 5.38. The molecule has 124 valence electrons. The van der Waals surface area contributed by atoms with Crippen molar-refractivity contribution in [2.45, 2.75) is 20.0 Å². The second-order valence-corrected chi connectivity index (χ2v) is 6.22. The van der Waals surface area contributed by atoms with Crippen LogP contribution >= 0.6 is 11.3 Å². The highest BCUT2D eigenvalue weighted by atomic mass is 32.1. The Balaban J connectivity index is 1.86. The predicted molar refractivity (Wildman–Crippen MR) is 94.6 cm³/mol. The van der Waals surface area contributed by atoms with Gasteiger partial charge >= 0.3 is 0 Å². The Labute approximate surface area is 140 Å². The third-order valence-corrected chi connectivity index (χ3v) is 4.32. The van der Waals surface area contributed by atoms with Crippen LogP contribution in [0.25, 0.3) is 0 Å². The van der Waals surface area contributed by atoms with Crippen molar-refractivity contribution >= 4 is 22.4 Å². The molecule has 2 N–H and O–H groups in total. The number of hydrogen-bond donors (Lipinski definition) is 2. The summed E-state index contributed by atoms with van der Waals surface area (Å²) in [5, 5.41) is 9.44. The standard InChI is InChI=1S/C16H22FN5S/c1-11-7-12(5-6-14(11)17)8-19-15(18-2)20-9-13-10-23-16(21-13)22(3)4/h5-7,10H,8-9H2,1-4H3,(H2,18,19,20). The monoisotopic (exact) mass is 335 g/mol. The van der Waals surface area contributed by atoms with Gasteiger partial charge in [0.2, 0.25) is 0 Å². The smallest absolute Gasteiger partial charge is 0.191 e. The van der Waals surface area contributed by atoms with Crippen LogP contribution in [0.4, 0.5) is 9.52 Å². The van der Waals surface area contributed by atoms with Crippen LogP contribution in [0.5, 0.6) is 0 Å². The van der Waals surface area contributed by atoms with Gasteiger partial charge in [-0.15, -0.1) is 11.3 Å². The van der Waals surface area contributed by atoms with Gasteiger partial charge in [0, 0.05) is 33.1 Å². The van der Waals surface area contributed by atoms with Gasteiger partial charge in [-0.25, -0.2) is 9.37 Å². The van der Waals surface area contributed by atoms with Gasteiger partial charge in [0.15, 0.2) is 11.1 Å². The summed E-state index contributed by atoms with van der Waals surface area (Å²) in [5.74, 6) is 0.503. The number of thiazole rings is 1. The molecule has 0 unspecified atom stereocenters. The van der Waals surface area contributed by atoms with Crippen LogP contribution < -0.4 is 15.5 Å². The number of hydrogen-bond acceptors (Lipinski definition) is 4. The maximum Gasteiger partial charge on any atom is 0.191 e. The van der Waals surface area contributed by atoms with E-state index in [0.717, 1.165) is 16.4 Å². The lowest BCUT2D eigenvalue weighted by Gasteiger charge is -2.11. The minimum absolute atomic E-state index is 0.184. The second kappa shape index (κ2) is 7.92.